The summed E-state index contributed by atoms with van der Waals surface area (Å²) in [6.07, 6.45) is 0. The highest BCUT2D eigenvalue weighted by Gasteiger charge is 2.15. The summed E-state index contributed by atoms with van der Waals surface area (Å²) in [7, 11) is 0. The second-order valence-corrected chi connectivity index (χ2v) is 8.01. The van der Waals surface area contributed by atoms with Crippen LogP contribution in [-0.4, -0.2) is 10.4 Å². The zero-order chi connectivity index (χ0) is 22.7. The number of benzene rings is 2. The van der Waals surface area contributed by atoms with Crippen molar-refractivity contribution in [1.29, 1.82) is 0 Å². The van der Waals surface area contributed by atoms with Crippen LogP contribution in [0.15, 0.2) is 57.8 Å². The summed E-state index contributed by atoms with van der Waals surface area (Å²) in [5.74, 6) is -1.28. The van der Waals surface area contributed by atoms with Crippen LogP contribution in [0.2, 0.25) is 0 Å². The zero-order valence-electron chi connectivity index (χ0n) is 17.0. The van der Waals surface area contributed by atoms with Gasteiger partial charge < -0.3 is 15.0 Å². The molecule has 0 aliphatic rings. The third kappa shape index (κ3) is 5.26. The normalized spacial score (nSPS) is 11.9. The highest BCUT2D eigenvalue weighted by molar-refractivity contribution is 9.10. The second-order valence-electron chi connectivity index (χ2n) is 7.21. The summed E-state index contributed by atoms with van der Waals surface area (Å²) >= 11 is 3.26. The average Bonchev–Trinajstić information content (AvgIpc) is 2.73. The molecule has 3 rings (SSSR count). The van der Waals surface area contributed by atoms with Gasteiger partial charge >= 0.3 is 0 Å². The Morgan fingerprint density at radius 2 is 1.94 bits per heavy atom. The first kappa shape index (κ1) is 22.8. The van der Waals surface area contributed by atoms with Gasteiger partial charge in [0, 0.05) is 23.4 Å². The van der Waals surface area contributed by atoms with E-state index in [0.717, 1.165) is 17.7 Å². The molecule has 0 spiro atoms. The molecule has 0 saturated carbocycles. The third-order valence-corrected chi connectivity index (χ3v) is 5.63. The lowest BCUT2D eigenvalue weighted by Gasteiger charge is -2.16. The number of aryl methyl sites for hydroxylation is 1. The summed E-state index contributed by atoms with van der Waals surface area (Å²) in [4.78, 5) is 24.5. The number of carbonyl (C=O) groups is 1. The molecule has 0 saturated heterocycles. The predicted octanol–water partition coefficient (Wildman–Crippen LogP) is 4.41. The number of carbonyl (C=O) groups excluding carboxylic acids is 1. The van der Waals surface area contributed by atoms with Gasteiger partial charge in [0.25, 0.3) is 5.56 Å². The number of pyridine rings is 1. The Balaban J connectivity index is 1.84. The molecule has 1 atom stereocenters. The lowest BCUT2D eigenvalue weighted by atomic mass is 10.0. The minimum Gasteiger partial charge on any atom is -0.487 e. The Kier molecular flexibility index (Phi) is 7.02. The summed E-state index contributed by atoms with van der Waals surface area (Å²) < 4.78 is 34.2. The molecule has 162 valence electrons. The maximum absolute atomic E-state index is 13.8. The van der Waals surface area contributed by atoms with Crippen LogP contribution in [0.5, 0.6) is 5.75 Å². The fraction of sp³-hybridized carbons (Fsp3) is 0.217. The number of rotatable bonds is 7. The monoisotopic (exact) mass is 490 g/mol. The minimum atomic E-state index is -0.718. The quantitative estimate of drug-likeness (QED) is 0.532. The molecule has 0 fully saturated rings. The Morgan fingerprint density at radius 1 is 1.19 bits per heavy atom. The molecule has 0 bridgehead atoms. The first-order chi connectivity index (χ1) is 14.7. The number of hydrogen-bond acceptors (Lipinski definition) is 4. The molecule has 0 aliphatic heterocycles. The Hall–Kier alpha value is -2.84. The van der Waals surface area contributed by atoms with Crippen molar-refractivity contribution in [2.75, 3.05) is 0 Å². The summed E-state index contributed by atoms with van der Waals surface area (Å²) in [6, 6.07) is 11.4. The van der Waals surface area contributed by atoms with E-state index in [1.807, 2.05) is 6.07 Å². The molecule has 1 aromatic heterocycles. The van der Waals surface area contributed by atoms with Crippen LogP contribution in [0.1, 0.15) is 35.3 Å². The van der Waals surface area contributed by atoms with Gasteiger partial charge in [-0.25, -0.2) is 8.78 Å². The van der Waals surface area contributed by atoms with E-state index in [1.165, 1.54) is 13.0 Å². The van der Waals surface area contributed by atoms with Crippen molar-refractivity contribution in [3.63, 3.8) is 0 Å². The fourth-order valence-corrected chi connectivity index (χ4v) is 3.56. The molecule has 8 heteroatoms. The van der Waals surface area contributed by atoms with Gasteiger partial charge in [-0.05, 0) is 53.0 Å². The van der Waals surface area contributed by atoms with Gasteiger partial charge in [0.1, 0.15) is 28.5 Å². The standard InChI is InChI=1S/C23H21BrF2N2O3/c1-13-8-20(31-12-17-6-7-18(25)10-19(17)26)21(24)23(30)28(13)11-15-4-3-5-16(9-15)22(27)14(2)29/h3-10,22H,11-12,27H2,1-2H3. The number of halogens is 3. The third-order valence-electron chi connectivity index (χ3n) is 4.90. The molecule has 0 radical (unpaired) electrons. The molecule has 31 heavy (non-hydrogen) atoms. The van der Waals surface area contributed by atoms with Crippen LogP contribution >= 0.6 is 15.9 Å². The van der Waals surface area contributed by atoms with E-state index < -0.39 is 17.7 Å². The van der Waals surface area contributed by atoms with Crippen molar-refractivity contribution in [3.8, 4) is 5.75 Å². The van der Waals surface area contributed by atoms with E-state index in [1.54, 1.807) is 35.8 Å². The molecule has 0 amide bonds. The SMILES string of the molecule is CC(=O)C(N)c1cccc(Cn2c(C)cc(OCc3ccc(F)cc3F)c(Br)c2=O)c1. The second kappa shape index (κ2) is 9.53. The van der Waals surface area contributed by atoms with Gasteiger partial charge in [-0.15, -0.1) is 0 Å². The van der Waals surface area contributed by atoms with Crippen LogP contribution in [0.4, 0.5) is 8.78 Å². The van der Waals surface area contributed by atoms with Crippen molar-refractivity contribution in [2.45, 2.75) is 33.0 Å². The largest absolute Gasteiger partial charge is 0.487 e. The zero-order valence-corrected chi connectivity index (χ0v) is 18.6. The minimum absolute atomic E-state index is 0.146. The van der Waals surface area contributed by atoms with Crippen LogP contribution in [0.25, 0.3) is 0 Å². The van der Waals surface area contributed by atoms with E-state index in [2.05, 4.69) is 15.9 Å². The first-order valence-electron chi connectivity index (χ1n) is 9.49. The van der Waals surface area contributed by atoms with Crippen LogP contribution in [0, 0.1) is 18.6 Å². The van der Waals surface area contributed by atoms with Gasteiger partial charge in [-0.2, -0.15) is 0 Å². The maximum atomic E-state index is 13.8. The lowest BCUT2D eigenvalue weighted by Crippen LogP contribution is -2.24. The van der Waals surface area contributed by atoms with Gasteiger partial charge in [0.15, 0.2) is 5.78 Å². The van der Waals surface area contributed by atoms with Gasteiger partial charge in [-0.3, -0.25) is 9.59 Å². The number of ketones is 1. The van der Waals surface area contributed by atoms with Crippen molar-refractivity contribution in [2.24, 2.45) is 5.73 Å². The van der Waals surface area contributed by atoms with E-state index in [4.69, 9.17) is 10.5 Å². The molecule has 1 unspecified atom stereocenters. The van der Waals surface area contributed by atoms with Crippen molar-refractivity contribution in [1.82, 2.24) is 4.57 Å². The molecule has 0 aliphatic carbocycles. The predicted molar refractivity (Wildman–Crippen MR) is 117 cm³/mol. The number of aromatic nitrogens is 1. The highest BCUT2D eigenvalue weighted by atomic mass is 79.9. The summed E-state index contributed by atoms with van der Waals surface area (Å²) in [5.41, 5.74) is 7.88. The van der Waals surface area contributed by atoms with Gasteiger partial charge in [-0.1, -0.05) is 24.3 Å². The van der Waals surface area contributed by atoms with E-state index in [0.29, 0.717) is 11.3 Å². The molecular formula is C23H21BrF2N2O3. The molecule has 1 heterocycles. The first-order valence-corrected chi connectivity index (χ1v) is 10.3. The average molecular weight is 491 g/mol. The Bertz CT molecular complexity index is 1190. The number of Topliss-reactive ketones (excluding diaryl/α,β-unsaturated/α-hetero) is 1. The Labute approximate surface area is 186 Å². The number of nitrogens with two attached hydrogens (primary N) is 1. The van der Waals surface area contributed by atoms with Crippen molar-refractivity contribution in [3.05, 3.63) is 97.4 Å². The summed E-state index contributed by atoms with van der Waals surface area (Å²) in [5, 5.41) is 0. The topological polar surface area (TPSA) is 74.3 Å². The fourth-order valence-electron chi connectivity index (χ4n) is 3.11. The highest BCUT2D eigenvalue weighted by Crippen LogP contribution is 2.25. The van der Waals surface area contributed by atoms with E-state index in [9.17, 15) is 18.4 Å². The van der Waals surface area contributed by atoms with E-state index in [-0.39, 0.29) is 40.3 Å². The molecule has 5 nitrogen and oxygen atoms in total. The molecule has 2 N–H and O–H groups in total. The Morgan fingerprint density at radius 3 is 2.61 bits per heavy atom. The maximum Gasteiger partial charge on any atom is 0.269 e. The van der Waals surface area contributed by atoms with Gasteiger partial charge in [0.2, 0.25) is 0 Å². The smallest absolute Gasteiger partial charge is 0.269 e. The van der Waals surface area contributed by atoms with Crippen LogP contribution < -0.4 is 16.0 Å². The van der Waals surface area contributed by atoms with Crippen LogP contribution in [0.3, 0.4) is 0 Å². The van der Waals surface area contributed by atoms with Crippen molar-refractivity contribution >= 4 is 21.7 Å². The van der Waals surface area contributed by atoms with Gasteiger partial charge in [0.05, 0.1) is 12.6 Å². The lowest BCUT2D eigenvalue weighted by molar-refractivity contribution is -0.118. The molecule has 3 aromatic rings. The van der Waals surface area contributed by atoms with E-state index >= 15 is 0 Å². The summed E-state index contributed by atoms with van der Waals surface area (Å²) in [6.45, 7) is 3.30. The van der Waals surface area contributed by atoms with Crippen LogP contribution in [-0.2, 0) is 17.9 Å². The molecule has 2 aromatic carbocycles. The molecular weight excluding hydrogens is 470 g/mol. The number of ether oxygens (including phenoxy) is 1. The van der Waals surface area contributed by atoms with Crippen molar-refractivity contribution < 1.29 is 18.3 Å². The number of nitrogens with zero attached hydrogens (tertiary/aromatic N) is 1. The number of hydrogen-bond donors (Lipinski definition) is 1.